The lowest BCUT2D eigenvalue weighted by molar-refractivity contribution is 0.0694. The number of hydrogen-bond acceptors (Lipinski definition) is 3. The second-order valence-electron chi connectivity index (χ2n) is 3.87. The molecule has 18 heavy (non-hydrogen) atoms. The molecular weight excluding hydrogens is 232 g/mol. The highest BCUT2D eigenvalue weighted by molar-refractivity contribution is 5.86. The van der Waals surface area contributed by atoms with Gasteiger partial charge in [0.15, 0.2) is 5.43 Å². The fourth-order valence-electron chi connectivity index (χ4n) is 1.63. The van der Waals surface area contributed by atoms with E-state index in [1.54, 1.807) is 23.2 Å². The summed E-state index contributed by atoms with van der Waals surface area (Å²) < 4.78 is 1.70. The maximum absolute atomic E-state index is 11.3. The summed E-state index contributed by atoms with van der Waals surface area (Å²) in [5.41, 5.74) is 0.440. The van der Waals surface area contributed by atoms with Gasteiger partial charge in [-0.2, -0.15) is 0 Å². The Morgan fingerprint density at radius 1 is 1.28 bits per heavy atom. The monoisotopic (exact) mass is 244 g/mol. The van der Waals surface area contributed by atoms with Crippen LogP contribution in [-0.4, -0.2) is 20.6 Å². The molecule has 0 atom stereocenters. The molecule has 0 aliphatic rings. The minimum Gasteiger partial charge on any atom is -0.477 e. The molecule has 2 aromatic rings. The van der Waals surface area contributed by atoms with Gasteiger partial charge in [-0.3, -0.25) is 9.78 Å². The van der Waals surface area contributed by atoms with Crippen LogP contribution >= 0.6 is 0 Å². The van der Waals surface area contributed by atoms with Crippen LogP contribution in [-0.2, 0) is 13.0 Å². The summed E-state index contributed by atoms with van der Waals surface area (Å²) >= 11 is 0. The number of aryl methyl sites for hydroxylation is 2. The molecule has 0 saturated carbocycles. The quantitative estimate of drug-likeness (QED) is 0.876. The number of aromatic nitrogens is 2. The van der Waals surface area contributed by atoms with Gasteiger partial charge in [-0.25, -0.2) is 4.79 Å². The fourth-order valence-corrected chi connectivity index (χ4v) is 1.63. The van der Waals surface area contributed by atoms with Gasteiger partial charge in [0.05, 0.1) is 0 Å². The highest BCUT2D eigenvalue weighted by Crippen LogP contribution is 2.01. The van der Waals surface area contributed by atoms with E-state index in [0.717, 1.165) is 12.0 Å². The molecule has 0 saturated heterocycles. The second kappa shape index (κ2) is 5.27. The minimum absolute atomic E-state index is 0.202. The summed E-state index contributed by atoms with van der Waals surface area (Å²) in [5.74, 6) is -1.20. The fraction of sp³-hybridized carbons (Fsp3) is 0.154. The lowest BCUT2D eigenvalue weighted by atomic mass is 10.2. The van der Waals surface area contributed by atoms with Crippen molar-refractivity contribution >= 4 is 5.97 Å². The molecule has 2 rings (SSSR count). The zero-order chi connectivity index (χ0) is 13.0. The first-order valence-electron chi connectivity index (χ1n) is 5.49. The van der Waals surface area contributed by atoms with Gasteiger partial charge in [0.25, 0.3) is 0 Å². The summed E-state index contributed by atoms with van der Waals surface area (Å²) in [5, 5.41) is 8.85. The first-order valence-corrected chi connectivity index (χ1v) is 5.49. The molecule has 92 valence electrons. The molecule has 5 heteroatoms. The van der Waals surface area contributed by atoms with Crippen molar-refractivity contribution in [2.75, 3.05) is 0 Å². The van der Waals surface area contributed by atoms with Crippen LogP contribution in [0.2, 0.25) is 0 Å². The Hall–Kier alpha value is -2.43. The Morgan fingerprint density at radius 2 is 2.00 bits per heavy atom. The second-order valence-corrected chi connectivity index (χ2v) is 3.87. The van der Waals surface area contributed by atoms with E-state index in [-0.39, 0.29) is 5.56 Å². The van der Waals surface area contributed by atoms with E-state index in [1.165, 1.54) is 12.3 Å². The summed E-state index contributed by atoms with van der Waals surface area (Å²) in [6.45, 7) is 0.616. The van der Waals surface area contributed by atoms with Crippen LogP contribution in [0.25, 0.3) is 0 Å². The van der Waals surface area contributed by atoms with Crippen molar-refractivity contribution in [3.05, 3.63) is 64.3 Å². The van der Waals surface area contributed by atoms with Gasteiger partial charge in [0.1, 0.15) is 5.56 Å². The Balaban J connectivity index is 2.13. The van der Waals surface area contributed by atoms with Crippen molar-refractivity contribution in [1.82, 2.24) is 9.55 Å². The standard InChI is InChI=1S/C13H12N2O3/c16-12-4-8-15(9-11(12)13(17)18)7-3-10-1-5-14-6-2-10/h1-2,4-6,8-9H,3,7H2,(H,17,18). The van der Waals surface area contributed by atoms with E-state index in [1.807, 2.05) is 12.1 Å². The number of carboxylic acid groups (broad SMARTS) is 1. The van der Waals surface area contributed by atoms with Gasteiger partial charge in [-0.15, -0.1) is 0 Å². The molecule has 2 aromatic heterocycles. The van der Waals surface area contributed by atoms with Crippen molar-refractivity contribution in [2.45, 2.75) is 13.0 Å². The largest absolute Gasteiger partial charge is 0.477 e. The predicted molar refractivity (Wildman–Crippen MR) is 65.6 cm³/mol. The van der Waals surface area contributed by atoms with E-state index in [0.29, 0.717) is 6.54 Å². The van der Waals surface area contributed by atoms with Gasteiger partial charge in [0.2, 0.25) is 0 Å². The lowest BCUT2D eigenvalue weighted by Gasteiger charge is -2.06. The van der Waals surface area contributed by atoms with Crippen molar-refractivity contribution < 1.29 is 9.90 Å². The van der Waals surface area contributed by atoms with E-state index < -0.39 is 11.4 Å². The topological polar surface area (TPSA) is 72.2 Å². The molecule has 0 bridgehead atoms. The maximum Gasteiger partial charge on any atom is 0.341 e. The van der Waals surface area contributed by atoms with Crippen LogP contribution in [0, 0.1) is 0 Å². The smallest absolute Gasteiger partial charge is 0.341 e. The lowest BCUT2D eigenvalue weighted by Crippen LogP contribution is -2.17. The van der Waals surface area contributed by atoms with Crippen LogP contribution in [0.3, 0.4) is 0 Å². The highest BCUT2D eigenvalue weighted by atomic mass is 16.4. The van der Waals surface area contributed by atoms with E-state index in [9.17, 15) is 9.59 Å². The Bertz CT molecular complexity index is 605. The molecule has 0 radical (unpaired) electrons. The molecule has 0 aromatic carbocycles. The zero-order valence-electron chi connectivity index (χ0n) is 9.61. The molecule has 0 spiro atoms. The molecule has 2 heterocycles. The van der Waals surface area contributed by atoms with E-state index in [4.69, 9.17) is 5.11 Å². The Morgan fingerprint density at radius 3 is 2.67 bits per heavy atom. The SMILES string of the molecule is O=C(O)c1cn(CCc2ccncc2)ccc1=O. The van der Waals surface area contributed by atoms with Crippen LogP contribution in [0.5, 0.6) is 0 Å². The number of carboxylic acids is 1. The molecule has 0 amide bonds. The third-order valence-corrected chi connectivity index (χ3v) is 2.62. The number of rotatable bonds is 4. The maximum atomic E-state index is 11.3. The highest BCUT2D eigenvalue weighted by Gasteiger charge is 2.07. The third kappa shape index (κ3) is 2.82. The summed E-state index contributed by atoms with van der Waals surface area (Å²) in [4.78, 5) is 26.0. The summed E-state index contributed by atoms with van der Waals surface area (Å²) in [6.07, 6.45) is 7.14. The number of nitrogens with zero attached hydrogens (tertiary/aromatic N) is 2. The Kier molecular flexibility index (Phi) is 3.52. The van der Waals surface area contributed by atoms with Crippen LogP contribution in [0.15, 0.2) is 47.8 Å². The normalized spacial score (nSPS) is 10.2. The number of carbonyl (C=O) groups is 1. The number of hydrogen-bond donors (Lipinski definition) is 1. The van der Waals surface area contributed by atoms with Crippen molar-refractivity contribution in [1.29, 1.82) is 0 Å². The third-order valence-electron chi connectivity index (χ3n) is 2.62. The molecular formula is C13H12N2O3. The van der Waals surface area contributed by atoms with Crippen LogP contribution in [0.4, 0.5) is 0 Å². The molecule has 1 N–H and O–H groups in total. The van der Waals surface area contributed by atoms with Crippen molar-refractivity contribution in [2.24, 2.45) is 0 Å². The average Bonchev–Trinajstić information content (AvgIpc) is 2.38. The van der Waals surface area contributed by atoms with Crippen LogP contribution in [0.1, 0.15) is 15.9 Å². The van der Waals surface area contributed by atoms with Gasteiger partial charge in [0, 0.05) is 37.4 Å². The predicted octanol–water partition coefficient (Wildman–Crippen LogP) is 1.18. The van der Waals surface area contributed by atoms with Gasteiger partial charge in [-0.1, -0.05) is 0 Å². The Labute approximate surface area is 103 Å². The first kappa shape index (κ1) is 12.0. The number of aromatic carboxylic acids is 1. The van der Waals surface area contributed by atoms with Crippen molar-refractivity contribution in [3.8, 4) is 0 Å². The minimum atomic E-state index is -1.20. The van der Waals surface area contributed by atoms with Gasteiger partial charge < -0.3 is 9.67 Å². The van der Waals surface area contributed by atoms with Crippen LogP contribution < -0.4 is 5.43 Å². The molecule has 0 unspecified atom stereocenters. The summed E-state index contributed by atoms with van der Waals surface area (Å²) in [7, 11) is 0. The van der Waals surface area contributed by atoms with Gasteiger partial charge in [-0.05, 0) is 24.1 Å². The summed E-state index contributed by atoms with van der Waals surface area (Å²) in [6, 6.07) is 5.08. The first-order chi connectivity index (χ1) is 8.66. The molecule has 0 aliphatic heterocycles. The van der Waals surface area contributed by atoms with E-state index >= 15 is 0 Å². The van der Waals surface area contributed by atoms with Gasteiger partial charge >= 0.3 is 5.97 Å². The molecule has 0 aliphatic carbocycles. The van der Waals surface area contributed by atoms with Crippen molar-refractivity contribution in [3.63, 3.8) is 0 Å². The molecule has 0 fully saturated rings. The average molecular weight is 244 g/mol. The zero-order valence-corrected chi connectivity index (χ0v) is 9.61. The van der Waals surface area contributed by atoms with E-state index in [2.05, 4.69) is 4.98 Å². The number of pyridine rings is 2. The molecule has 5 nitrogen and oxygen atoms in total.